The third-order valence-corrected chi connectivity index (χ3v) is 4.05. The summed E-state index contributed by atoms with van der Waals surface area (Å²) in [5.41, 5.74) is -1.46. The van der Waals surface area contributed by atoms with E-state index in [0.29, 0.717) is 10.4 Å². The normalized spacial score (nSPS) is 15.0. The van der Waals surface area contributed by atoms with Crippen LogP contribution in [0.4, 0.5) is 4.79 Å². The minimum absolute atomic E-state index is 0.00314. The van der Waals surface area contributed by atoms with E-state index in [2.05, 4.69) is 0 Å². The Labute approximate surface area is 130 Å². The van der Waals surface area contributed by atoms with Crippen molar-refractivity contribution in [3.05, 3.63) is 34.7 Å². The monoisotopic (exact) mass is 335 g/mol. The van der Waals surface area contributed by atoms with Crippen molar-refractivity contribution in [1.29, 1.82) is 0 Å². The molecule has 1 fully saturated rings. The zero-order valence-electron chi connectivity index (χ0n) is 11.6. The summed E-state index contributed by atoms with van der Waals surface area (Å²) in [5.74, 6) is -1.23. The van der Waals surface area contributed by atoms with Crippen LogP contribution >= 0.6 is 8.58 Å². The highest BCUT2D eigenvalue weighted by Gasteiger charge is 2.33. The molecular weight excluding hydrogens is 325 g/mol. The molecule has 1 N–H and O–H groups in total. The van der Waals surface area contributed by atoms with Gasteiger partial charge in [0.1, 0.15) is 11.3 Å². The molecule has 9 heteroatoms. The molecule has 1 aromatic carbocycles. The van der Waals surface area contributed by atoms with Crippen LogP contribution in [0.25, 0.3) is 11.0 Å². The van der Waals surface area contributed by atoms with Crippen LogP contribution in [0.5, 0.6) is 5.75 Å². The van der Waals surface area contributed by atoms with Crippen LogP contribution in [0.3, 0.4) is 0 Å². The van der Waals surface area contributed by atoms with E-state index in [0.717, 1.165) is 0 Å². The number of hydrogen-bond donors (Lipinski definition) is 1. The largest absolute Gasteiger partial charge is 0.508 e. The van der Waals surface area contributed by atoms with Gasteiger partial charge in [-0.2, -0.15) is 0 Å². The Morgan fingerprint density at radius 3 is 2.57 bits per heavy atom. The molecular formula is C14H10NO7P. The summed E-state index contributed by atoms with van der Waals surface area (Å²) >= 11 is 0. The van der Waals surface area contributed by atoms with Gasteiger partial charge >= 0.3 is 11.3 Å². The van der Waals surface area contributed by atoms with Gasteiger partial charge in [0, 0.05) is 32.9 Å². The number of benzene rings is 1. The molecule has 2 aromatic rings. The third-order valence-electron chi connectivity index (χ3n) is 3.14. The average Bonchev–Trinajstić information content (AvgIpc) is 2.80. The van der Waals surface area contributed by atoms with Gasteiger partial charge in [-0.3, -0.25) is 9.59 Å². The predicted octanol–water partition coefficient (Wildman–Crippen LogP) is 1.00. The van der Waals surface area contributed by atoms with Crippen molar-refractivity contribution in [1.82, 2.24) is 5.06 Å². The zero-order valence-corrected chi connectivity index (χ0v) is 12.6. The summed E-state index contributed by atoms with van der Waals surface area (Å²) in [6.45, 7) is 0. The van der Waals surface area contributed by atoms with Crippen LogP contribution in [-0.4, -0.2) is 27.7 Å². The molecule has 23 heavy (non-hydrogen) atoms. The maximum Gasteiger partial charge on any atom is 0.353 e. The highest BCUT2D eigenvalue weighted by atomic mass is 31.1. The van der Waals surface area contributed by atoms with E-state index >= 15 is 0 Å². The lowest BCUT2D eigenvalue weighted by atomic mass is 10.2. The van der Waals surface area contributed by atoms with Gasteiger partial charge in [-0.1, -0.05) is 0 Å². The molecule has 2 amide bonds. The summed E-state index contributed by atoms with van der Waals surface area (Å²) < 4.78 is 5.02. The van der Waals surface area contributed by atoms with E-state index in [-0.39, 0.29) is 29.5 Å². The predicted molar refractivity (Wildman–Crippen MR) is 79.7 cm³/mol. The average molecular weight is 335 g/mol. The Kier molecular flexibility index (Phi) is 3.83. The molecule has 0 bridgehead atoms. The van der Waals surface area contributed by atoms with E-state index in [9.17, 15) is 24.3 Å². The van der Waals surface area contributed by atoms with Crippen LogP contribution in [0.1, 0.15) is 12.8 Å². The minimum atomic E-state index is -0.890. The van der Waals surface area contributed by atoms with Crippen LogP contribution in [0.15, 0.2) is 33.5 Å². The van der Waals surface area contributed by atoms with Crippen LogP contribution < -0.4 is 10.9 Å². The maximum absolute atomic E-state index is 11.8. The molecule has 1 aromatic heterocycles. The van der Waals surface area contributed by atoms with Crippen LogP contribution in [0, 0.1) is 0 Å². The summed E-state index contributed by atoms with van der Waals surface area (Å²) in [6.07, 6.45) is -0.00629. The number of phenolic OH excluding ortho intramolecular Hbond substituents is 1. The number of hydrogen-bond acceptors (Lipinski definition) is 7. The molecule has 1 saturated heterocycles. The molecule has 1 aliphatic heterocycles. The van der Waals surface area contributed by atoms with Crippen LogP contribution in [0.2, 0.25) is 0 Å². The fraction of sp³-hybridized carbons (Fsp3) is 0.143. The van der Waals surface area contributed by atoms with Gasteiger partial charge in [-0.25, -0.2) is 9.59 Å². The van der Waals surface area contributed by atoms with Crippen molar-refractivity contribution in [3.8, 4) is 5.75 Å². The molecule has 0 spiro atoms. The first-order valence-corrected chi connectivity index (χ1v) is 7.55. The zero-order chi connectivity index (χ0) is 16.6. The molecule has 3 rings (SSSR count). The van der Waals surface area contributed by atoms with Crippen molar-refractivity contribution in [2.45, 2.75) is 12.8 Å². The lowest BCUT2D eigenvalue weighted by Gasteiger charge is -2.12. The molecule has 118 valence electrons. The number of nitrogens with zero attached hydrogens (tertiary/aromatic N) is 1. The second-order valence-electron chi connectivity index (χ2n) is 4.76. The van der Waals surface area contributed by atoms with Crippen molar-refractivity contribution >= 4 is 42.4 Å². The number of aromatic hydroxyl groups is 1. The summed E-state index contributed by atoms with van der Waals surface area (Å²) in [5, 5.41) is 10.3. The van der Waals surface area contributed by atoms with E-state index in [1.165, 1.54) is 24.3 Å². The number of carbonyl (C=O) groups is 3. The second-order valence-corrected chi connectivity index (χ2v) is 5.95. The SMILES string of the molecule is O=C(ON1C(=O)CCC1=O)Pc1cc2ccc(O)cc2oc1=O. The Hall–Kier alpha value is -2.73. The Morgan fingerprint density at radius 2 is 1.87 bits per heavy atom. The van der Waals surface area contributed by atoms with E-state index in [1.807, 2.05) is 0 Å². The van der Waals surface area contributed by atoms with Gasteiger partial charge in [0.05, 0.1) is 5.30 Å². The topological polar surface area (TPSA) is 114 Å². The summed E-state index contributed by atoms with van der Waals surface area (Å²) in [7, 11) is -0.732. The number of amides is 2. The van der Waals surface area contributed by atoms with Gasteiger partial charge < -0.3 is 14.4 Å². The first-order valence-electron chi connectivity index (χ1n) is 6.55. The second kappa shape index (κ2) is 5.81. The van der Waals surface area contributed by atoms with Crippen molar-refractivity contribution in [2.75, 3.05) is 0 Å². The molecule has 1 aliphatic rings. The molecule has 8 nitrogen and oxygen atoms in total. The molecule has 1 unspecified atom stereocenters. The minimum Gasteiger partial charge on any atom is -0.508 e. The first kappa shape index (κ1) is 15.2. The van der Waals surface area contributed by atoms with Crippen molar-refractivity contribution in [2.24, 2.45) is 0 Å². The van der Waals surface area contributed by atoms with E-state index in [4.69, 9.17) is 9.25 Å². The molecule has 1 atom stereocenters. The van der Waals surface area contributed by atoms with Gasteiger partial charge in [0.2, 0.25) is 0 Å². The fourth-order valence-corrected chi connectivity index (χ4v) is 2.80. The number of imide groups is 1. The number of hydroxylamine groups is 2. The van der Waals surface area contributed by atoms with E-state index < -0.39 is 31.7 Å². The lowest BCUT2D eigenvalue weighted by molar-refractivity contribution is -0.169. The summed E-state index contributed by atoms with van der Waals surface area (Å²) in [6, 6.07) is 5.66. The van der Waals surface area contributed by atoms with Gasteiger partial charge in [-0.05, 0) is 18.2 Å². The number of fused-ring (bicyclic) bond motifs is 1. The molecule has 2 heterocycles. The fourth-order valence-electron chi connectivity index (χ4n) is 2.06. The Bertz CT molecular complexity index is 872. The quantitative estimate of drug-likeness (QED) is 0.505. The van der Waals surface area contributed by atoms with Crippen molar-refractivity contribution < 1.29 is 28.7 Å². The summed E-state index contributed by atoms with van der Waals surface area (Å²) in [4.78, 5) is 51.1. The van der Waals surface area contributed by atoms with Gasteiger partial charge in [-0.15, -0.1) is 5.06 Å². The number of rotatable bonds is 3. The Balaban J connectivity index is 1.81. The first-order chi connectivity index (χ1) is 10.9. The number of phenols is 1. The molecule has 0 saturated carbocycles. The molecule has 0 aliphatic carbocycles. The number of carbonyl (C=O) groups excluding carboxylic acids is 3. The van der Waals surface area contributed by atoms with Gasteiger partial charge in [0.15, 0.2) is 0 Å². The third kappa shape index (κ3) is 3.07. The standard InChI is InChI=1S/C14H10NO7P/c16-8-2-1-7-5-10(13(19)21-9(7)6-8)23-14(20)22-15-11(17)3-4-12(15)18/h1-2,5-6,16,23H,3-4H2. The van der Waals surface area contributed by atoms with Crippen molar-refractivity contribution in [3.63, 3.8) is 0 Å². The highest BCUT2D eigenvalue weighted by Crippen LogP contribution is 2.22. The smallest absolute Gasteiger partial charge is 0.353 e. The highest BCUT2D eigenvalue weighted by molar-refractivity contribution is 7.64. The van der Waals surface area contributed by atoms with Gasteiger partial charge in [0.25, 0.3) is 11.8 Å². The Morgan fingerprint density at radius 1 is 1.17 bits per heavy atom. The maximum atomic E-state index is 11.8. The lowest BCUT2D eigenvalue weighted by Crippen LogP contribution is -2.31. The van der Waals surface area contributed by atoms with E-state index in [1.54, 1.807) is 0 Å². The van der Waals surface area contributed by atoms with Crippen LogP contribution in [-0.2, 0) is 14.4 Å². The molecule has 0 radical (unpaired) electrons.